The van der Waals surface area contributed by atoms with Gasteiger partial charge >= 0.3 is 0 Å². The lowest BCUT2D eigenvalue weighted by Crippen LogP contribution is -2.40. The zero-order valence-corrected chi connectivity index (χ0v) is 11.5. The standard InChI is InChI=1S/C11H11ClINO2/c12-8-1-2-9(10(13)7-8)11(15)14-3-5-16-6-4-14/h1-2,7H,3-6H2. The van der Waals surface area contributed by atoms with Crippen LogP contribution in [0, 0.1) is 3.57 Å². The summed E-state index contributed by atoms with van der Waals surface area (Å²) in [4.78, 5) is 14.0. The normalized spacial score (nSPS) is 16.2. The van der Waals surface area contributed by atoms with Gasteiger partial charge in [0.2, 0.25) is 0 Å². The third-order valence-corrected chi connectivity index (χ3v) is 3.59. The maximum atomic E-state index is 12.2. The lowest BCUT2D eigenvalue weighted by atomic mass is 10.2. The molecule has 0 N–H and O–H groups in total. The van der Waals surface area contributed by atoms with E-state index in [1.165, 1.54) is 0 Å². The van der Waals surface area contributed by atoms with Crippen molar-refractivity contribution in [3.63, 3.8) is 0 Å². The topological polar surface area (TPSA) is 29.5 Å². The number of hydrogen-bond acceptors (Lipinski definition) is 2. The van der Waals surface area contributed by atoms with E-state index in [0.29, 0.717) is 36.9 Å². The van der Waals surface area contributed by atoms with E-state index in [0.717, 1.165) is 3.57 Å². The van der Waals surface area contributed by atoms with Gasteiger partial charge in [0, 0.05) is 21.7 Å². The smallest absolute Gasteiger partial charge is 0.255 e. The fourth-order valence-corrected chi connectivity index (χ4v) is 2.70. The minimum absolute atomic E-state index is 0.0596. The number of hydrogen-bond donors (Lipinski definition) is 0. The lowest BCUT2D eigenvalue weighted by molar-refractivity contribution is 0.0302. The summed E-state index contributed by atoms with van der Waals surface area (Å²) in [5.41, 5.74) is 0.715. The summed E-state index contributed by atoms with van der Waals surface area (Å²) >= 11 is 7.99. The molecule has 2 rings (SSSR count). The Morgan fingerprint density at radius 3 is 2.69 bits per heavy atom. The quantitative estimate of drug-likeness (QED) is 0.727. The van der Waals surface area contributed by atoms with Crippen LogP contribution in [0.25, 0.3) is 0 Å². The van der Waals surface area contributed by atoms with Gasteiger partial charge in [0.1, 0.15) is 0 Å². The van der Waals surface area contributed by atoms with Crippen LogP contribution in [0.1, 0.15) is 10.4 Å². The van der Waals surface area contributed by atoms with E-state index < -0.39 is 0 Å². The van der Waals surface area contributed by atoms with Gasteiger partial charge in [-0.25, -0.2) is 0 Å². The second kappa shape index (κ2) is 5.33. The average Bonchev–Trinajstić information content (AvgIpc) is 2.29. The zero-order valence-electron chi connectivity index (χ0n) is 8.58. The van der Waals surface area contributed by atoms with Crippen molar-refractivity contribution in [2.75, 3.05) is 26.3 Å². The number of amides is 1. The minimum Gasteiger partial charge on any atom is -0.378 e. The van der Waals surface area contributed by atoms with E-state index in [4.69, 9.17) is 16.3 Å². The molecular formula is C11H11ClINO2. The SMILES string of the molecule is O=C(c1ccc(Cl)cc1I)N1CCOCC1. The highest BCUT2D eigenvalue weighted by Gasteiger charge is 2.20. The van der Waals surface area contributed by atoms with Crippen molar-refractivity contribution in [1.82, 2.24) is 4.90 Å². The van der Waals surface area contributed by atoms with Crippen LogP contribution >= 0.6 is 34.2 Å². The Bertz CT molecular complexity index is 405. The van der Waals surface area contributed by atoms with Gasteiger partial charge in [-0.1, -0.05) is 11.6 Å². The van der Waals surface area contributed by atoms with Gasteiger partial charge in [0.25, 0.3) is 5.91 Å². The first-order valence-corrected chi connectivity index (χ1v) is 6.46. The minimum atomic E-state index is 0.0596. The number of benzene rings is 1. The number of morpholine rings is 1. The van der Waals surface area contributed by atoms with Crippen molar-refractivity contribution >= 4 is 40.1 Å². The summed E-state index contributed by atoms with van der Waals surface area (Å²) in [6.07, 6.45) is 0. The van der Waals surface area contributed by atoms with Crippen LogP contribution < -0.4 is 0 Å². The van der Waals surface area contributed by atoms with Gasteiger partial charge in [-0.05, 0) is 40.8 Å². The third-order valence-electron chi connectivity index (χ3n) is 2.46. The van der Waals surface area contributed by atoms with Crippen LogP contribution in [-0.2, 0) is 4.74 Å². The summed E-state index contributed by atoms with van der Waals surface area (Å²) in [5, 5.41) is 0.655. The van der Waals surface area contributed by atoms with Crippen molar-refractivity contribution in [2.24, 2.45) is 0 Å². The van der Waals surface area contributed by atoms with Gasteiger partial charge in [-0.3, -0.25) is 4.79 Å². The summed E-state index contributed by atoms with van der Waals surface area (Å²) in [5.74, 6) is 0.0596. The molecule has 1 saturated heterocycles. The van der Waals surface area contributed by atoms with Gasteiger partial charge in [-0.15, -0.1) is 0 Å². The molecule has 0 unspecified atom stereocenters. The van der Waals surface area contributed by atoms with Crippen molar-refractivity contribution in [3.8, 4) is 0 Å². The maximum absolute atomic E-state index is 12.2. The molecule has 1 aliphatic rings. The Balaban J connectivity index is 2.19. The largest absolute Gasteiger partial charge is 0.378 e. The number of nitrogens with zero attached hydrogens (tertiary/aromatic N) is 1. The molecule has 0 aliphatic carbocycles. The molecule has 1 aromatic rings. The molecule has 1 aliphatic heterocycles. The molecule has 0 bridgehead atoms. The molecular weight excluding hydrogens is 340 g/mol. The Hall–Kier alpha value is -0.330. The molecule has 0 radical (unpaired) electrons. The Morgan fingerprint density at radius 1 is 1.38 bits per heavy atom. The predicted octanol–water partition coefficient (Wildman–Crippen LogP) is 2.42. The Morgan fingerprint density at radius 2 is 2.06 bits per heavy atom. The molecule has 0 aromatic heterocycles. The van der Waals surface area contributed by atoms with Crippen LogP contribution in [0.5, 0.6) is 0 Å². The molecule has 1 amide bonds. The molecule has 0 atom stereocenters. The molecule has 1 fully saturated rings. The maximum Gasteiger partial charge on any atom is 0.255 e. The van der Waals surface area contributed by atoms with Crippen LogP contribution in [0.2, 0.25) is 5.02 Å². The van der Waals surface area contributed by atoms with E-state index in [-0.39, 0.29) is 5.91 Å². The van der Waals surface area contributed by atoms with E-state index in [9.17, 15) is 4.79 Å². The van der Waals surface area contributed by atoms with Gasteiger partial charge in [0.15, 0.2) is 0 Å². The van der Waals surface area contributed by atoms with Crippen LogP contribution in [-0.4, -0.2) is 37.1 Å². The Kier molecular flexibility index (Phi) is 4.05. The zero-order chi connectivity index (χ0) is 11.5. The molecule has 0 spiro atoms. The number of halogens is 2. The van der Waals surface area contributed by atoms with Crippen molar-refractivity contribution in [3.05, 3.63) is 32.4 Å². The summed E-state index contributed by atoms with van der Waals surface area (Å²) in [6.45, 7) is 2.57. The lowest BCUT2D eigenvalue weighted by Gasteiger charge is -2.27. The summed E-state index contributed by atoms with van der Waals surface area (Å²) in [7, 11) is 0. The van der Waals surface area contributed by atoms with E-state index in [1.54, 1.807) is 18.2 Å². The van der Waals surface area contributed by atoms with Crippen molar-refractivity contribution in [1.29, 1.82) is 0 Å². The number of carbonyl (C=O) groups is 1. The molecule has 16 heavy (non-hydrogen) atoms. The first-order chi connectivity index (χ1) is 7.68. The predicted molar refractivity (Wildman–Crippen MR) is 70.9 cm³/mol. The van der Waals surface area contributed by atoms with Crippen molar-refractivity contribution < 1.29 is 9.53 Å². The van der Waals surface area contributed by atoms with Crippen LogP contribution in [0.4, 0.5) is 0 Å². The van der Waals surface area contributed by atoms with Gasteiger partial charge in [-0.2, -0.15) is 0 Å². The molecule has 86 valence electrons. The van der Waals surface area contributed by atoms with Gasteiger partial charge in [0.05, 0.1) is 18.8 Å². The highest BCUT2D eigenvalue weighted by Crippen LogP contribution is 2.19. The summed E-state index contributed by atoms with van der Waals surface area (Å²) in [6, 6.07) is 5.33. The molecule has 3 nitrogen and oxygen atoms in total. The Labute approximate surface area is 113 Å². The highest BCUT2D eigenvalue weighted by atomic mass is 127. The third kappa shape index (κ3) is 2.67. The highest BCUT2D eigenvalue weighted by molar-refractivity contribution is 14.1. The average molecular weight is 352 g/mol. The van der Waals surface area contributed by atoms with Crippen LogP contribution in [0.15, 0.2) is 18.2 Å². The van der Waals surface area contributed by atoms with E-state index in [1.807, 2.05) is 4.90 Å². The molecule has 1 aromatic carbocycles. The second-order valence-corrected chi connectivity index (χ2v) is 5.13. The van der Waals surface area contributed by atoms with Crippen molar-refractivity contribution in [2.45, 2.75) is 0 Å². The summed E-state index contributed by atoms with van der Waals surface area (Å²) < 4.78 is 6.11. The fraction of sp³-hybridized carbons (Fsp3) is 0.364. The molecule has 5 heteroatoms. The van der Waals surface area contributed by atoms with Gasteiger partial charge < -0.3 is 9.64 Å². The molecule has 1 heterocycles. The number of ether oxygens (including phenoxy) is 1. The first-order valence-electron chi connectivity index (χ1n) is 5.00. The van der Waals surface area contributed by atoms with E-state index >= 15 is 0 Å². The first kappa shape index (κ1) is 12.1. The molecule has 0 saturated carbocycles. The monoisotopic (exact) mass is 351 g/mol. The number of rotatable bonds is 1. The van der Waals surface area contributed by atoms with Crippen LogP contribution in [0.3, 0.4) is 0 Å². The fourth-order valence-electron chi connectivity index (χ4n) is 1.60. The number of carbonyl (C=O) groups excluding carboxylic acids is 1. The van der Waals surface area contributed by atoms with E-state index in [2.05, 4.69) is 22.6 Å². The second-order valence-electron chi connectivity index (χ2n) is 3.53.